The Kier molecular flexibility index (Phi) is 7.35. The highest BCUT2D eigenvalue weighted by atomic mass is 32.2. The van der Waals surface area contributed by atoms with Gasteiger partial charge in [0.15, 0.2) is 0 Å². The minimum absolute atomic E-state index is 0.0346. The van der Waals surface area contributed by atoms with Gasteiger partial charge in [-0.05, 0) is 60.5 Å². The summed E-state index contributed by atoms with van der Waals surface area (Å²) in [6.45, 7) is 2.74. The molecule has 0 bridgehead atoms. The number of rotatable bonds is 7. The number of hydrogen-bond donors (Lipinski definition) is 1. The molecule has 5 nitrogen and oxygen atoms in total. The first kappa shape index (κ1) is 23.0. The van der Waals surface area contributed by atoms with Crippen molar-refractivity contribution in [1.82, 2.24) is 4.31 Å². The van der Waals surface area contributed by atoms with E-state index in [9.17, 15) is 13.2 Å². The second kappa shape index (κ2) is 10.2. The summed E-state index contributed by atoms with van der Waals surface area (Å²) >= 11 is 3.01. The Morgan fingerprint density at radius 2 is 1.84 bits per heavy atom. The third-order valence-electron chi connectivity index (χ3n) is 5.61. The summed E-state index contributed by atoms with van der Waals surface area (Å²) in [7, 11) is -3.45. The normalized spacial score (nSPS) is 15.5. The summed E-state index contributed by atoms with van der Waals surface area (Å²) in [5, 5.41) is 4.82. The van der Waals surface area contributed by atoms with Crippen LogP contribution < -0.4 is 5.32 Å². The highest BCUT2D eigenvalue weighted by Gasteiger charge is 2.32. The molecular weight excluding hydrogens is 460 g/mol. The molecule has 1 aromatic heterocycles. The lowest BCUT2D eigenvalue weighted by Gasteiger charge is -2.30. The number of thiophene rings is 1. The fourth-order valence-corrected chi connectivity index (χ4v) is 7.25. The summed E-state index contributed by atoms with van der Waals surface area (Å²) in [6, 6.07) is 19.8. The summed E-state index contributed by atoms with van der Waals surface area (Å²) in [5.41, 5.74) is 3.06. The SMILES string of the molecule is Cc1cc(CSc2ccccc2)ccc1NC(=O)C1CCN(S(=O)(=O)c2cccs2)CC1. The number of carbonyl (C=O) groups is 1. The van der Waals surface area contributed by atoms with Gasteiger partial charge in [0.1, 0.15) is 4.21 Å². The highest BCUT2D eigenvalue weighted by molar-refractivity contribution is 7.98. The molecule has 0 unspecified atom stereocenters. The molecule has 1 aliphatic heterocycles. The smallest absolute Gasteiger partial charge is 0.252 e. The van der Waals surface area contributed by atoms with Crippen LogP contribution in [0.15, 0.2) is 75.1 Å². The zero-order valence-electron chi connectivity index (χ0n) is 17.9. The minimum atomic E-state index is -3.45. The van der Waals surface area contributed by atoms with E-state index < -0.39 is 10.0 Å². The number of thioether (sulfide) groups is 1. The predicted octanol–water partition coefficient (Wildman–Crippen LogP) is 5.39. The van der Waals surface area contributed by atoms with E-state index in [1.54, 1.807) is 29.3 Å². The van der Waals surface area contributed by atoms with Crippen LogP contribution in [0.5, 0.6) is 0 Å². The van der Waals surface area contributed by atoms with E-state index in [0.717, 1.165) is 17.0 Å². The predicted molar refractivity (Wildman–Crippen MR) is 132 cm³/mol. The first-order valence-corrected chi connectivity index (χ1v) is 13.9. The van der Waals surface area contributed by atoms with Crippen molar-refractivity contribution in [2.24, 2.45) is 5.92 Å². The summed E-state index contributed by atoms with van der Waals surface area (Å²) < 4.78 is 27.2. The van der Waals surface area contributed by atoms with Gasteiger partial charge in [0.05, 0.1) is 0 Å². The fraction of sp³-hybridized carbons (Fsp3) is 0.292. The maximum atomic E-state index is 12.8. The second-order valence-electron chi connectivity index (χ2n) is 7.85. The third-order valence-corrected chi connectivity index (χ3v) is 9.97. The Labute approximate surface area is 197 Å². The highest BCUT2D eigenvalue weighted by Crippen LogP contribution is 2.28. The summed E-state index contributed by atoms with van der Waals surface area (Å²) in [5.74, 6) is 0.654. The number of sulfonamides is 1. The van der Waals surface area contributed by atoms with Crippen molar-refractivity contribution in [1.29, 1.82) is 0 Å². The molecular formula is C24H26N2O3S3. The number of hydrogen-bond acceptors (Lipinski definition) is 5. The monoisotopic (exact) mass is 486 g/mol. The van der Waals surface area contributed by atoms with Gasteiger partial charge in [0.25, 0.3) is 10.0 Å². The third kappa shape index (κ3) is 5.43. The molecule has 0 atom stereocenters. The molecule has 1 N–H and O–H groups in total. The van der Waals surface area contributed by atoms with Gasteiger partial charge in [-0.15, -0.1) is 23.1 Å². The van der Waals surface area contributed by atoms with Crippen LogP contribution in [0.3, 0.4) is 0 Å². The van der Waals surface area contributed by atoms with Crippen LogP contribution in [0.4, 0.5) is 5.69 Å². The van der Waals surface area contributed by atoms with Crippen LogP contribution in [0.1, 0.15) is 24.0 Å². The number of carbonyl (C=O) groups excluding carboxylic acids is 1. The lowest BCUT2D eigenvalue weighted by atomic mass is 9.97. The number of aryl methyl sites for hydroxylation is 1. The lowest BCUT2D eigenvalue weighted by Crippen LogP contribution is -2.41. The Bertz CT molecular complexity index is 1150. The minimum Gasteiger partial charge on any atom is -0.326 e. The summed E-state index contributed by atoms with van der Waals surface area (Å²) in [6.07, 6.45) is 1.06. The van der Waals surface area contributed by atoms with E-state index in [-0.39, 0.29) is 11.8 Å². The van der Waals surface area contributed by atoms with E-state index in [0.29, 0.717) is 30.1 Å². The van der Waals surface area contributed by atoms with Gasteiger partial charge in [-0.2, -0.15) is 4.31 Å². The molecule has 2 heterocycles. The number of piperidine rings is 1. The molecule has 0 radical (unpaired) electrons. The van der Waals surface area contributed by atoms with Crippen LogP contribution in [0.25, 0.3) is 0 Å². The molecule has 8 heteroatoms. The number of nitrogens with zero attached hydrogens (tertiary/aromatic N) is 1. The van der Waals surface area contributed by atoms with E-state index in [2.05, 4.69) is 29.6 Å². The first-order chi connectivity index (χ1) is 15.4. The molecule has 1 saturated heterocycles. The Hall–Kier alpha value is -2.13. The molecule has 4 rings (SSSR count). The Morgan fingerprint density at radius 3 is 2.50 bits per heavy atom. The standard InChI is InChI=1S/C24H26N2O3S3/c1-18-16-19(17-31-21-6-3-2-4-7-21)9-10-22(18)25-24(27)20-11-13-26(14-12-20)32(28,29)23-8-5-15-30-23/h2-10,15-16,20H,11-14,17H2,1H3,(H,25,27). The number of nitrogens with one attached hydrogen (secondary N) is 1. The molecule has 1 amide bonds. The average molecular weight is 487 g/mol. The van der Waals surface area contributed by atoms with Gasteiger partial charge < -0.3 is 5.32 Å². The Balaban J connectivity index is 1.31. The molecule has 32 heavy (non-hydrogen) atoms. The van der Waals surface area contributed by atoms with Crippen LogP contribution >= 0.6 is 23.1 Å². The number of benzene rings is 2. The van der Waals surface area contributed by atoms with Gasteiger partial charge in [-0.25, -0.2) is 8.42 Å². The van der Waals surface area contributed by atoms with Crippen LogP contribution in [-0.4, -0.2) is 31.7 Å². The van der Waals surface area contributed by atoms with Crippen molar-refractivity contribution >= 4 is 44.7 Å². The lowest BCUT2D eigenvalue weighted by molar-refractivity contribution is -0.120. The van der Waals surface area contributed by atoms with Crippen molar-refractivity contribution in [3.05, 3.63) is 77.2 Å². The van der Waals surface area contributed by atoms with E-state index in [4.69, 9.17) is 0 Å². The molecule has 1 fully saturated rings. The van der Waals surface area contributed by atoms with Gasteiger partial charge in [0.2, 0.25) is 5.91 Å². The Morgan fingerprint density at radius 1 is 1.09 bits per heavy atom. The second-order valence-corrected chi connectivity index (χ2v) is 12.0. The molecule has 2 aromatic carbocycles. The number of amides is 1. The van der Waals surface area contributed by atoms with E-state index in [1.807, 2.05) is 31.2 Å². The van der Waals surface area contributed by atoms with Gasteiger partial charge in [-0.3, -0.25) is 4.79 Å². The van der Waals surface area contributed by atoms with Gasteiger partial charge in [-0.1, -0.05) is 36.4 Å². The molecule has 0 spiro atoms. The van der Waals surface area contributed by atoms with Crippen LogP contribution in [-0.2, 0) is 20.6 Å². The van der Waals surface area contributed by atoms with Crippen LogP contribution in [0, 0.1) is 12.8 Å². The molecule has 168 valence electrons. The van der Waals surface area contributed by atoms with Crippen molar-refractivity contribution in [3.8, 4) is 0 Å². The summed E-state index contributed by atoms with van der Waals surface area (Å²) in [4.78, 5) is 14.1. The zero-order chi connectivity index (χ0) is 22.6. The van der Waals surface area contributed by atoms with Gasteiger partial charge in [0, 0.05) is 35.3 Å². The van der Waals surface area contributed by atoms with E-state index in [1.165, 1.54) is 26.1 Å². The molecule has 1 aliphatic rings. The first-order valence-electron chi connectivity index (χ1n) is 10.6. The molecule has 0 aliphatic carbocycles. The maximum absolute atomic E-state index is 12.8. The number of anilines is 1. The van der Waals surface area contributed by atoms with Crippen molar-refractivity contribution in [2.45, 2.75) is 34.6 Å². The van der Waals surface area contributed by atoms with Crippen molar-refractivity contribution in [2.75, 3.05) is 18.4 Å². The molecule has 0 saturated carbocycles. The maximum Gasteiger partial charge on any atom is 0.252 e. The largest absolute Gasteiger partial charge is 0.326 e. The quantitative estimate of drug-likeness (QED) is 0.455. The average Bonchev–Trinajstić information content (AvgIpc) is 3.36. The van der Waals surface area contributed by atoms with Crippen LogP contribution in [0.2, 0.25) is 0 Å². The molecule has 3 aromatic rings. The van der Waals surface area contributed by atoms with Gasteiger partial charge >= 0.3 is 0 Å². The van der Waals surface area contributed by atoms with Crippen molar-refractivity contribution in [3.63, 3.8) is 0 Å². The zero-order valence-corrected chi connectivity index (χ0v) is 20.3. The van der Waals surface area contributed by atoms with E-state index >= 15 is 0 Å². The fourth-order valence-electron chi connectivity index (χ4n) is 3.77. The topological polar surface area (TPSA) is 66.5 Å². The van der Waals surface area contributed by atoms with Crippen molar-refractivity contribution < 1.29 is 13.2 Å².